The van der Waals surface area contributed by atoms with Gasteiger partial charge in [0.25, 0.3) is 5.91 Å². The van der Waals surface area contributed by atoms with Crippen LogP contribution in [0.3, 0.4) is 0 Å². The van der Waals surface area contributed by atoms with Gasteiger partial charge in [-0.25, -0.2) is 4.39 Å². The molecule has 1 aliphatic carbocycles. The highest BCUT2D eigenvalue weighted by molar-refractivity contribution is 6.06. The van der Waals surface area contributed by atoms with Crippen LogP contribution in [0.2, 0.25) is 0 Å². The fourth-order valence-corrected chi connectivity index (χ4v) is 5.88. The number of hydrogen-bond donors (Lipinski definition) is 2. The predicted molar refractivity (Wildman–Crippen MR) is 148 cm³/mol. The minimum atomic E-state index is -0.844. The Hall–Kier alpha value is -3.72. The van der Waals surface area contributed by atoms with Gasteiger partial charge in [-0.05, 0) is 76.4 Å². The van der Waals surface area contributed by atoms with Gasteiger partial charge in [0, 0.05) is 35.7 Å². The van der Waals surface area contributed by atoms with Crippen LogP contribution in [0.25, 0.3) is 22.0 Å². The zero-order chi connectivity index (χ0) is 27.7. The van der Waals surface area contributed by atoms with Crippen molar-refractivity contribution in [1.82, 2.24) is 9.47 Å². The number of benzene rings is 2. The number of carbonyl (C=O) groups excluding carboxylic acids is 3. The van der Waals surface area contributed by atoms with E-state index in [0.29, 0.717) is 62.7 Å². The Labute approximate surface area is 227 Å². The number of amides is 1. The summed E-state index contributed by atoms with van der Waals surface area (Å²) in [6.45, 7) is 0.641. The van der Waals surface area contributed by atoms with Gasteiger partial charge >= 0.3 is 5.97 Å². The summed E-state index contributed by atoms with van der Waals surface area (Å²) in [5, 5.41) is 4.23. The Bertz CT molecular complexity index is 1420. The van der Waals surface area contributed by atoms with Crippen LogP contribution < -0.4 is 11.1 Å². The second kappa shape index (κ2) is 11.2. The van der Waals surface area contributed by atoms with E-state index in [1.807, 2.05) is 43.3 Å². The third-order valence-electron chi connectivity index (χ3n) is 7.75. The standard InChI is InChI=1S/C30H35FN4O4/c1-34(2)15-14-27(37)39-20-12-10-19(11-13-20)33-23-17-18(16-22(31)29(23)30(32)38)28-21-6-3-4-7-24(21)35-25(28)8-5-9-26(35)36/h3-4,6-7,16-17,19-20,33H,5,8-15H2,1-2H3,(H2,32,38). The highest BCUT2D eigenvalue weighted by Gasteiger charge is 2.29. The Morgan fingerprint density at radius 1 is 1.13 bits per heavy atom. The van der Waals surface area contributed by atoms with E-state index < -0.39 is 11.7 Å². The van der Waals surface area contributed by atoms with Crippen molar-refractivity contribution in [2.75, 3.05) is 26.0 Å². The maximum Gasteiger partial charge on any atom is 0.307 e. The lowest BCUT2D eigenvalue weighted by atomic mass is 9.91. The van der Waals surface area contributed by atoms with E-state index in [1.165, 1.54) is 6.07 Å². The quantitative estimate of drug-likeness (QED) is 0.405. The van der Waals surface area contributed by atoms with Gasteiger partial charge < -0.3 is 20.7 Å². The molecule has 1 fully saturated rings. The molecule has 2 aromatic carbocycles. The molecule has 206 valence electrons. The Kier molecular flexibility index (Phi) is 7.70. The summed E-state index contributed by atoms with van der Waals surface area (Å²) in [6, 6.07) is 10.7. The summed E-state index contributed by atoms with van der Waals surface area (Å²) in [7, 11) is 3.82. The van der Waals surface area contributed by atoms with Crippen molar-refractivity contribution < 1.29 is 23.5 Å². The largest absolute Gasteiger partial charge is 0.462 e. The van der Waals surface area contributed by atoms with Crippen LogP contribution >= 0.6 is 0 Å². The van der Waals surface area contributed by atoms with Crippen molar-refractivity contribution in [3.8, 4) is 11.1 Å². The zero-order valence-electron chi connectivity index (χ0n) is 22.5. The average molecular weight is 535 g/mol. The molecule has 1 aromatic heterocycles. The Morgan fingerprint density at radius 3 is 2.59 bits per heavy atom. The maximum atomic E-state index is 15.5. The minimum Gasteiger partial charge on any atom is -0.462 e. The number of halogens is 1. The summed E-state index contributed by atoms with van der Waals surface area (Å²) in [6.07, 6.45) is 4.88. The van der Waals surface area contributed by atoms with Crippen LogP contribution in [-0.2, 0) is 16.0 Å². The molecule has 0 radical (unpaired) electrons. The summed E-state index contributed by atoms with van der Waals surface area (Å²) in [5.41, 5.74) is 8.85. The first-order chi connectivity index (χ1) is 18.7. The molecular formula is C30H35FN4O4. The fourth-order valence-electron chi connectivity index (χ4n) is 5.88. The van der Waals surface area contributed by atoms with Gasteiger partial charge in [-0.15, -0.1) is 0 Å². The van der Waals surface area contributed by atoms with Gasteiger partial charge in [0.2, 0.25) is 5.91 Å². The summed E-state index contributed by atoms with van der Waals surface area (Å²) < 4.78 is 22.9. The highest BCUT2D eigenvalue weighted by Crippen LogP contribution is 2.40. The number of esters is 1. The molecule has 8 nitrogen and oxygen atoms in total. The van der Waals surface area contributed by atoms with Gasteiger partial charge in [0.05, 0.1) is 23.2 Å². The highest BCUT2D eigenvalue weighted by atomic mass is 19.1. The first kappa shape index (κ1) is 26.9. The monoisotopic (exact) mass is 534 g/mol. The van der Waals surface area contributed by atoms with E-state index in [9.17, 15) is 14.4 Å². The third-order valence-corrected chi connectivity index (χ3v) is 7.75. The average Bonchev–Trinajstić information content (AvgIpc) is 3.23. The molecule has 1 saturated carbocycles. The van der Waals surface area contributed by atoms with Crippen molar-refractivity contribution in [2.45, 2.75) is 63.5 Å². The summed E-state index contributed by atoms with van der Waals surface area (Å²) >= 11 is 0. The third kappa shape index (κ3) is 5.54. The number of nitrogens with one attached hydrogen (secondary N) is 1. The van der Waals surface area contributed by atoms with Crippen LogP contribution in [-0.4, -0.2) is 60.0 Å². The number of hydrogen-bond acceptors (Lipinski definition) is 6. The number of ether oxygens (including phenoxy) is 1. The number of carbonyl (C=O) groups is 3. The normalized spacial score (nSPS) is 19.2. The number of fused-ring (bicyclic) bond motifs is 3. The molecule has 0 atom stereocenters. The predicted octanol–water partition coefficient (Wildman–Crippen LogP) is 4.74. The molecule has 0 unspecified atom stereocenters. The SMILES string of the molecule is CN(C)CCC(=O)OC1CCC(Nc2cc(-c3c4n(c5ccccc35)C(=O)CCC4)cc(F)c2C(N)=O)CC1. The van der Waals surface area contributed by atoms with Crippen LogP contribution in [0.1, 0.15) is 65.8 Å². The van der Waals surface area contributed by atoms with Crippen molar-refractivity contribution >= 4 is 34.4 Å². The number of primary amides is 1. The van der Waals surface area contributed by atoms with Crippen LogP contribution in [0.4, 0.5) is 10.1 Å². The number of aromatic nitrogens is 1. The molecule has 0 spiro atoms. The van der Waals surface area contributed by atoms with E-state index in [-0.39, 0.29) is 29.6 Å². The molecule has 0 bridgehead atoms. The summed E-state index contributed by atoms with van der Waals surface area (Å²) in [4.78, 5) is 39.2. The Morgan fingerprint density at radius 2 is 1.87 bits per heavy atom. The van der Waals surface area contributed by atoms with Crippen molar-refractivity contribution in [3.63, 3.8) is 0 Å². The molecule has 39 heavy (non-hydrogen) atoms. The van der Waals surface area contributed by atoms with E-state index >= 15 is 4.39 Å². The van der Waals surface area contributed by atoms with Crippen LogP contribution in [0.5, 0.6) is 0 Å². The molecule has 1 amide bonds. The van der Waals surface area contributed by atoms with Gasteiger partial charge in [0.15, 0.2) is 0 Å². The van der Waals surface area contributed by atoms with Gasteiger partial charge in [-0.2, -0.15) is 0 Å². The number of nitrogens with two attached hydrogens (primary N) is 1. The molecule has 3 aromatic rings. The van der Waals surface area contributed by atoms with Crippen LogP contribution in [0, 0.1) is 5.82 Å². The molecule has 2 aliphatic rings. The van der Waals surface area contributed by atoms with Crippen LogP contribution in [0.15, 0.2) is 36.4 Å². The van der Waals surface area contributed by atoms with E-state index in [1.54, 1.807) is 10.6 Å². The van der Waals surface area contributed by atoms with E-state index in [2.05, 4.69) is 5.32 Å². The van der Waals surface area contributed by atoms with Gasteiger partial charge in [-0.3, -0.25) is 19.0 Å². The van der Waals surface area contributed by atoms with Crippen molar-refractivity contribution in [1.29, 1.82) is 0 Å². The lowest BCUT2D eigenvalue weighted by Crippen LogP contribution is -2.32. The zero-order valence-corrected chi connectivity index (χ0v) is 22.5. The second-order valence-corrected chi connectivity index (χ2v) is 10.8. The minimum absolute atomic E-state index is 0.0317. The molecule has 1 aliphatic heterocycles. The molecular weight excluding hydrogens is 499 g/mol. The number of nitrogens with zero attached hydrogens (tertiary/aromatic N) is 2. The van der Waals surface area contributed by atoms with E-state index in [4.69, 9.17) is 10.5 Å². The topological polar surface area (TPSA) is 107 Å². The first-order valence-corrected chi connectivity index (χ1v) is 13.6. The lowest BCUT2D eigenvalue weighted by Gasteiger charge is -2.30. The summed E-state index contributed by atoms with van der Waals surface area (Å²) in [5.74, 6) is -1.71. The smallest absolute Gasteiger partial charge is 0.307 e. The number of anilines is 1. The fraction of sp³-hybridized carbons (Fsp3) is 0.433. The Balaban J connectivity index is 1.41. The second-order valence-electron chi connectivity index (χ2n) is 10.8. The van der Waals surface area contributed by atoms with Crippen molar-refractivity contribution in [3.05, 3.63) is 53.5 Å². The maximum absolute atomic E-state index is 15.5. The molecule has 9 heteroatoms. The van der Waals surface area contributed by atoms with Crippen molar-refractivity contribution in [2.24, 2.45) is 5.73 Å². The molecule has 0 saturated heterocycles. The first-order valence-electron chi connectivity index (χ1n) is 13.6. The van der Waals surface area contributed by atoms with Gasteiger partial charge in [0.1, 0.15) is 11.9 Å². The van der Waals surface area contributed by atoms with Gasteiger partial charge in [-0.1, -0.05) is 18.2 Å². The lowest BCUT2D eigenvalue weighted by molar-refractivity contribution is -0.150. The number of para-hydroxylation sites is 1. The molecule has 2 heterocycles. The number of rotatable bonds is 8. The van der Waals surface area contributed by atoms with E-state index in [0.717, 1.165) is 28.6 Å². The molecule has 5 rings (SSSR count). The molecule has 3 N–H and O–H groups in total.